The number of aromatic nitrogens is 3. The Morgan fingerprint density at radius 2 is 1.97 bits per heavy atom. The molecule has 0 radical (unpaired) electrons. The summed E-state index contributed by atoms with van der Waals surface area (Å²) >= 11 is 4.64. The second-order valence-corrected chi connectivity index (χ2v) is 7.83. The van der Waals surface area contributed by atoms with Crippen molar-refractivity contribution in [1.29, 1.82) is 0 Å². The van der Waals surface area contributed by atoms with Crippen molar-refractivity contribution in [1.82, 2.24) is 20.1 Å². The minimum Gasteiger partial charge on any atom is -0.461 e. The molecule has 29 heavy (non-hydrogen) atoms. The summed E-state index contributed by atoms with van der Waals surface area (Å²) in [6, 6.07) is 10.9. The quantitative estimate of drug-likeness (QED) is 0.456. The van der Waals surface area contributed by atoms with Crippen molar-refractivity contribution >= 4 is 45.2 Å². The van der Waals surface area contributed by atoms with Crippen LogP contribution in [0.3, 0.4) is 0 Å². The van der Waals surface area contributed by atoms with Crippen molar-refractivity contribution in [2.75, 3.05) is 17.6 Å². The van der Waals surface area contributed by atoms with Gasteiger partial charge in [0.15, 0.2) is 16.7 Å². The first kappa shape index (κ1) is 21.1. The van der Waals surface area contributed by atoms with Crippen molar-refractivity contribution in [2.45, 2.75) is 25.0 Å². The smallest absolute Gasteiger partial charge is 0.230 e. The van der Waals surface area contributed by atoms with E-state index in [1.807, 2.05) is 29.7 Å². The van der Waals surface area contributed by atoms with Gasteiger partial charge < -0.3 is 15.1 Å². The molecular formula is C19H20BrN5O3S. The fourth-order valence-electron chi connectivity index (χ4n) is 2.52. The summed E-state index contributed by atoms with van der Waals surface area (Å²) in [6.07, 6.45) is 1.78. The molecule has 0 saturated heterocycles. The molecule has 2 amide bonds. The number of carbonyl (C=O) groups excluding carboxylic acids is 2. The van der Waals surface area contributed by atoms with Crippen LogP contribution in [0, 0.1) is 0 Å². The van der Waals surface area contributed by atoms with E-state index in [1.165, 1.54) is 11.8 Å². The van der Waals surface area contributed by atoms with E-state index in [1.54, 1.807) is 24.5 Å². The number of hydrogen-bond donors (Lipinski definition) is 2. The second kappa shape index (κ2) is 10.3. The number of thioether (sulfide) groups is 1. The lowest BCUT2D eigenvalue weighted by Crippen LogP contribution is -2.29. The zero-order valence-electron chi connectivity index (χ0n) is 15.7. The van der Waals surface area contributed by atoms with Crippen molar-refractivity contribution in [3.63, 3.8) is 0 Å². The fraction of sp³-hybridized carbons (Fsp3) is 0.263. The first-order chi connectivity index (χ1) is 14.1. The van der Waals surface area contributed by atoms with Crippen LogP contribution in [0.5, 0.6) is 0 Å². The third-order valence-corrected chi connectivity index (χ3v) is 5.40. The van der Waals surface area contributed by atoms with Crippen LogP contribution in [0.25, 0.3) is 11.6 Å². The molecule has 10 heteroatoms. The van der Waals surface area contributed by atoms with Gasteiger partial charge in [-0.1, -0.05) is 27.7 Å². The summed E-state index contributed by atoms with van der Waals surface area (Å²) in [7, 11) is 0. The van der Waals surface area contributed by atoms with Gasteiger partial charge in [-0.05, 0) is 43.3 Å². The first-order valence-corrected chi connectivity index (χ1v) is 10.8. The van der Waals surface area contributed by atoms with Gasteiger partial charge in [-0.3, -0.25) is 14.2 Å². The number of nitrogens with zero attached hydrogens (tertiary/aromatic N) is 3. The summed E-state index contributed by atoms with van der Waals surface area (Å²) in [5.74, 6) is 1.12. The monoisotopic (exact) mass is 477 g/mol. The highest BCUT2D eigenvalue weighted by molar-refractivity contribution is 9.10. The Hall–Kier alpha value is -2.59. The molecule has 0 bridgehead atoms. The number of hydrogen-bond acceptors (Lipinski definition) is 6. The molecule has 0 atom stereocenters. The molecule has 2 heterocycles. The third kappa shape index (κ3) is 5.94. The Bertz CT molecular complexity index is 957. The predicted molar refractivity (Wildman–Crippen MR) is 115 cm³/mol. The van der Waals surface area contributed by atoms with Crippen molar-refractivity contribution in [3.05, 3.63) is 47.1 Å². The molecule has 1 aromatic carbocycles. The Balaban J connectivity index is 1.42. The lowest BCUT2D eigenvalue weighted by atomic mass is 10.3. The number of carbonyl (C=O) groups is 2. The predicted octanol–water partition coefficient (Wildman–Crippen LogP) is 3.56. The minimum atomic E-state index is -0.170. The number of furan rings is 1. The molecule has 152 valence electrons. The van der Waals surface area contributed by atoms with Crippen LogP contribution < -0.4 is 10.6 Å². The highest BCUT2D eigenvalue weighted by Crippen LogP contribution is 2.24. The number of rotatable bonds is 9. The van der Waals surface area contributed by atoms with E-state index < -0.39 is 0 Å². The molecular weight excluding hydrogens is 458 g/mol. The van der Waals surface area contributed by atoms with Gasteiger partial charge in [0.1, 0.15) is 0 Å². The number of amides is 2. The molecule has 0 aliphatic heterocycles. The van der Waals surface area contributed by atoms with Gasteiger partial charge >= 0.3 is 0 Å². The molecule has 0 spiro atoms. The van der Waals surface area contributed by atoms with E-state index in [9.17, 15) is 9.59 Å². The van der Waals surface area contributed by atoms with Gasteiger partial charge in [-0.2, -0.15) is 0 Å². The number of nitrogens with one attached hydrogen (secondary N) is 2. The zero-order chi connectivity index (χ0) is 20.6. The van der Waals surface area contributed by atoms with Gasteiger partial charge in [0, 0.05) is 29.7 Å². The Labute approximate surface area is 180 Å². The molecule has 0 aliphatic carbocycles. The van der Waals surface area contributed by atoms with Gasteiger partial charge in [0.2, 0.25) is 11.8 Å². The Morgan fingerprint density at radius 1 is 1.17 bits per heavy atom. The van der Waals surface area contributed by atoms with Crippen LogP contribution >= 0.6 is 27.7 Å². The standard InChI is InChI=1S/C19H20BrN5O3S/c1-2-25-18(15-4-3-11-28-15)23-24-19(25)29-12-17(27)21-10-9-16(26)22-14-7-5-13(20)6-8-14/h3-8,11H,2,9-10,12H2,1H3,(H,21,27)(H,22,26). The maximum atomic E-state index is 12.1. The van der Waals surface area contributed by atoms with E-state index in [2.05, 4.69) is 36.8 Å². The number of halogens is 1. The fourth-order valence-corrected chi connectivity index (χ4v) is 3.62. The van der Waals surface area contributed by atoms with Crippen LogP contribution in [0.1, 0.15) is 13.3 Å². The molecule has 0 fully saturated rings. The summed E-state index contributed by atoms with van der Waals surface area (Å²) in [5.41, 5.74) is 0.714. The summed E-state index contributed by atoms with van der Waals surface area (Å²) in [6.45, 7) is 2.90. The largest absolute Gasteiger partial charge is 0.461 e. The molecule has 2 aromatic heterocycles. The van der Waals surface area contributed by atoms with Gasteiger partial charge in [0.25, 0.3) is 0 Å². The lowest BCUT2D eigenvalue weighted by Gasteiger charge is -2.08. The molecule has 3 rings (SSSR count). The van der Waals surface area contributed by atoms with E-state index in [0.29, 0.717) is 29.0 Å². The van der Waals surface area contributed by atoms with Gasteiger partial charge in [-0.25, -0.2) is 0 Å². The average Bonchev–Trinajstić information content (AvgIpc) is 3.37. The zero-order valence-corrected chi connectivity index (χ0v) is 18.1. The van der Waals surface area contributed by atoms with E-state index >= 15 is 0 Å². The third-order valence-electron chi connectivity index (χ3n) is 3.91. The van der Waals surface area contributed by atoms with Crippen LogP contribution in [0.4, 0.5) is 5.69 Å². The first-order valence-electron chi connectivity index (χ1n) is 8.98. The number of benzene rings is 1. The van der Waals surface area contributed by atoms with Crippen molar-refractivity contribution in [3.8, 4) is 11.6 Å². The number of anilines is 1. The van der Waals surface area contributed by atoms with Crippen molar-refractivity contribution < 1.29 is 14.0 Å². The Kier molecular flexibility index (Phi) is 7.48. The second-order valence-electron chi connectivity index (χ2n) is 5.97. The van der Waals surface area contributed by atoms with E-state index in [0.717, 1.165) is 4.47 Å². The molecule has 3 aromatic rings. The normalized spacial score (nSPS) is 10.7. The summed E-state index contributed by atoms with van der Waals surface area (Å²) < 4.78 is 8.20. The maximum Gasteiger partial charge on any atom is 0.230 e. The van der Waals surface area contributed by atoms with Crippen molar-refractivity contribution in [2.24, 2.45) is 0 Å². The van der Waals surface area contributed by atoms with E-state index in [-0.39, 0.29) is 30.5 Å². The van der Waals surface area contributed by atoms with Crippen LogP contribution in [0.15, 0.2) is 56.7 Å². The maximum absolute atomic E-state index is 12.1. The highest BCUT2D eigenvalue weighted by atomic mass is 79.9. The van der Waals surface area contributed by atoms with Gasteiger partial charge in [0.05, 0.1) is 12.0 Å². The SMILES string of the molecule is CCn1c(SCC(=O)NCCC(=O)Nc2ccc(Br)cc2)nnc1-c1ccco1. The minimum absolute atomic E-state index is 0.158. The summed E-state index contributed by atoms with van der Waals surface area (Å²) in [4.78, 5) is 24.0. The van der Waals surface area contributed by atoms with E-state index in [4.69, 9.17) is 4.42 Å². The van der Waals surface area contributed by atoms with Crippen LogP contribution in [0.2, 0.25) is 0 Å². The average molecular weight is 478 g/mol. The topological polar surface area (TPSA) is 102 Å². The van der Waals surface area contributed by atoms with Crippen LogP contribution in [-0.2, 0) is 16.1 Å². The molecule has 0 aliphatic rings. The van der Waals surface area contributed by atoms with Gasteiger partial charge in [-0.15, -0.1) is 10.2 Å². The molecule has 0 saturated carbocycles. The highest BCUT2D eigenvalue weighted by Gasteiger charge is 2.16. The molecule has 0 unspecified atom stereocenters. The van der Waals surface area contributed by atoms with Crippen LogP contribution in [-0.4, -0.2) is 38.9 Å². The Morgan fingerprint density at radius 3 is 2.66 bits per heavy atom. The molecule has 8 nitrogen and oxygen atoms in total. The molecule has 2 N–H and O–H groups in total. The summed E-state index contributed by atoms with van der Waals surface area (Å²) in [5, 5.41) is 14.5. The lowest BCUT2D eigenvalue weighted by molar-refractivity contribution is -0.119.